The van der Waals surface area contributed by atoms with Gasteiger partial charge < -0.3 is 5.32 Å². The summed E-state index contributed by atoms with van der Waals surface area (Å²) in [5.74, 6) is 1.33. The summed E-state index contributed by atoms with van der Waals surface area (Å²) in [4.78, 5) is 0. The van der Waals surface area contributed by atoms with Gasteiger partial charge in [0.15, 0.2) is 0 Å². The molecule has 1 spiro atoms. The summed E-state index contributed by atoms with van der Waals surface area (Å²) in [5.41, 5.74) is 0. The third-order valence-corrected chi connectivity index (χ3v) is 3.97. The Kier molecular flexibility index (Phi) is 1.46. The van der Waals surface area contributed by atoms with Crippen LogP contribution in [-0.4, -0.2) is 23.6 Å². The molecule has 1 nitrogen and oxygen atoms in total. The molecule has 0 aromatic rings. The molecule has 1 aliphatic heterocycles. The number of rotatable bonds is 0. The zero-order valence-electron chi connectivity index (χ0n) is 5.65. The minimum Gasteiger partial charge on any atom is -0.315 e. The summed E-state index contributed by atoms with van der Waals surface area (Å²) in [7, 11) is 0. The lowest BCUT2D eigenvalue weighted by atomic mass is 9.84. The van der Waals surface area contributed by atoms with Crippen LogP contribution in [0.2, 0.25) is 0 Å². The first kappa shape index (κ1) is 6.05. The van der Waals surface area contributed by atoms with Crippen molar-refractivity contribution in [2.75, 3.05) is 18.8 Å². The predicted molar refractivity (Wildman–Crippen MR) is 41.9 cm³/mol. The van der Waals surface area contributed by atoms with Crippen molar-refractivity contribution in [2.45, 2.75) is 24.0 Å². The summed E-state index contributed by atoms with van der Waals surface area (Å²) in [6.07, 6.45) is 4.39. The molecule has 0 aromatic heterocycles. The van der Waals surface area contributed by atoms with Gasteiger partial charge in [-0.05, 0) is 12.8 Å². The Hall–Kier alpha value is 0.310. The van der Waals surface area contributed by atoms with E-state index >= 15 is 0 Å². The van der Waals surface area contributed by atoms with Crippen LogP contribution >= 0.6 is 11.8 Å². The van der Waals surface area contributed by atoms with Gasteiger partial charge in [-0.15, -0.1) is 0 Å². The van der Waals surface area contributed by atoms with Gasteiger partial charge in [-0.3, -0.25) is 0 Å². The zero-order valence-corrected chi connectivity index (χ0v) is 6.47. The van der Waals surface area contributed by atoms with Crippen molar-refractivity contribution < 1.29 is 0 Å². The smallest absolute Gasteiger partial charge is 0.0285 e. The van der Waals surface area contributed by atoms with E-state index in [0.29, 0.717) is 4.75 Å². The first-order valence-corrected chi connectivity index (χ1v) is 4.75. The van der Waals surface area contributed by atoms with Crippen molar-refractivity contribution in [3.05, 3.63) is 0 Å². The van der Waals surface area contributed by atoms with Crippen molar-refractivity contribution in [2.24, 2.45) is 0 Å². The van der Waals surface area contributed by atoms with Crippen molar-refractivity contribution >= 4 is 11.8 Å². The maximum Gasteiger partial charge on any atom is 0.0285 e. The number of hydrogen-bond donors (Lipinski definition) is 1. The molecule has 2 heteroatoms. The third kappa shape index (κ3) is 0.987. The molecular formula is C7H13NS. The molecule has 0 unspecified atom stereocenters. The van der Waals surface area contributed by atoms with Gasteiger partial charge in [0.1, 0.15) is 0 Å². The van der Waals surface area contributed by atoms with Crippen LogP contribution in [0.1, 0.15) is 19.3 Å². The Morgan fingerprint density at radius 3 is 2.56 bits per heavy atom. The minimum atomic E-state index is 0.707. The van der Waals surface area contributed by atoms with E-state index < -0.39 is 0 Å². The lowest BCUT2D eigenvalue weighted by molar-refractivity contribution is 0.340. The van der Waals surface area contributed by atoms with Crippen molar-refractivity contribution in [3.63, 3.8) is 0 Å². The van der Waals surface area contributed by atoms with Crippen LogP contribution in [0, 0.1) is 0 Å². The van der Waals surface area contributed by atoms with Gasteiger partial charge in [-0.2, -0.15) is 11.8 Å². The van der Waals surface area contributed by atoms with Crippen LogP contribution in [0.3, 0.4) is 0 Å². The highest BCUT2D eigenvalue weighted by Crippen LogP contribution is 2.44. The maximum atomic E-state index is 3.46. The molecule has 2 aliphatic rings. The van der Waals surface area contributed by atoms with Gasteiger partial charge in [0.25, 0.3) is 0 Å². The molecule has 1 heterocycles. The Labute approximate surface area is 60.6 Å². The van der Waals surface area contributed by atoms with Gasteiger partial charge in [0, 0.05) is 23.6 Å². The number of thioether (sulfide) groups is 1. The van der Waals surface area contributed by atoms with E-state index in [2.05, 4.69) is 17.1 Å². The molecule has 1 N–H and O–H groups in total. The summed E-state index contributed by atoms with van der Waals surface area (Å²) in [5, 5.41) is 3.46. The van der Waals surface area contributed by atoms with E-state index in [4.69, 9.17) is 0 Å². The van der Waals surface area contributed by atoms with E-state index in [-0.39, 0.29) is 0 Å². The van der Waals surface area contributed by atoms with Crippen LogP contribution in [-0.2, 0) is 0 Å². The lowest BCUT2D eigenvalue weighted by Crippen LogP contribution is -2.48. The average Bonchev–Trinajstić information content (AvgIpc) is 1.87. The molecule has 1 saturated heterocycles. The molecule has 0 atom stereocenters. The van der Waals surface area contributed by atoms with E-state index in [1.54, 1.807) is 0 Å². The van der Waals surface area contributed by atoms with Crippen LogP contribution in [0.4, 0.5) is 0 Å². The van der Waals surface area contributed by atoms with E-state index in [1.807, 2.05) is 0 Å². The largest absolute Gasteiger partial charge is 0.315 e. The summed E-state index contributed by atoms with van der Waals surface area (Å²) in [6.45, 7) is 2.50. The summed E-state index contributed by atoms with van der Waals surface area (Å²) >= 11 is 2.19. The average molecular weight is 143 g/mol. The minimum absolute atomic E-state index is 0.707. The highest BCUT2D eigenvalue weighted by molar-refractivity contribution is 8.00. The number of nitrogens with one attached hydrogen (secondary N) is 1. The second-order valence-electron chi connectivity index (χ2n) is 3.06. The van der Waals surface area contributed by atoms with E-state index in [0.717, 1.165) is 0 Å². The van der Waals surface area contributed by atoms with Gasteiger partial charge in [0.2, 0.25) is 0 Å². The SMILES string of the molecule is C1CC2(C1)CNCCS2. The lowest BCUT2D eigenvalue weighted by Gasteiger charge is -2.44. The molecular weight excluding hydrogens is 130 g/mol. The standard InChI is InChI=1S/C7H13NS/c1-2-7(3-1)6-8-4-5-9-7/h8H,1-6H2. The second-order valence-corrected chi connectivity index (χ2v) is 4.62. The fourth-order valence-corrected chi connectivity index (χ4v) is 3.06. The van der Waals surface area contributed by atoms with Gasteiger partial charge >= 0.3 is 0 Å². The monoisotopic (exact) mass is 143 g/mol. The highest BCUT2D eigenvalue weighted by Gasteiger charge is 2.38. The molecule has 9 heavy (non-hydrogen) atoms. The third-order valence-electron chi connectivity index (χ3n) is 2.40. The molecule has 1 saturated carbocycles. The fraction of sp³-hybridized carbons (Fsp3) is 1.00. The van der Waals surface area contributed by atoms with Crippen molar-refractivity contribution in [1.29, 1.82) is 0 Å². The second kappa shape index (κ2) is 2.17. The molecule has 0 radical (unpaired) electrons. The topological polar surface area (TPSA) is 12.0 Å². The Bertz CT molecular complexity index is 101. The summed E-state index contributed by atoms with van der Waals surface area (Å²) < 4.78 is 0.707. The van der Waals surface area contributed by atoms with Gasteiger partial charge in [-0.25, -0.2) is 0 Å². The molecule has 0 amide bonds. The van der Waals surface area contributed by atoms with Crippen molar-refractivity contribution in [1.82, 2.24) is 5.32 Å². The van der Waals surface area contributed by atoms with Crippen LogP contribution in [0.5, 0.6) is 0 Å². The molecule has 52 valence electrons. The van der Waals surface area contributed by atoms with Gasteiger partial charge in [-0.1, -0.05) is 6.42 Å². The number of hydrogen-bond acceptors (Lipinski definition) is 2. The summed E-state index contributed by atoms with van der Waals surface area (Å²) in [6, 6.07) is 0. The van der Waals surface area contributed by atoms with Crippen LogP contribution in [0.15, 0.2) is 0 Å². The Balaban J connectivity index is 1.93. The fourth-order valence-electron chi connectivity index (χ4n) is 1.60. The van der Waals surface area contributed by atoms with Crippen LogP contribution in [0.25, 0.3) is 0 Å². The normalized spacial score (nSPS) is 32.0. The first-order chi connectivity index (χ1) is 4.41. The zero-order chi connectivity index (χ0) is 6.16. The molecule has 2 rings (SSSR count). The molecule has 1 aliphatic carbocycles. The van der Waals surface area contributed by atoms with E-state index in [9.17, 15) is 0 Å². The predicted octanol–water partition coefficient (Wildman–Crippen LogP) is 1.25. The van der Waals surface area contributed by atoms with Crippen LogP contribution < -0.4 is 5.32 Å². The molecule has 0 bridgehead atoms. The molecule has 0 aromatic carbocycles. The van der Waals surface area contributed by atoms with Gasteiger partial charge in [0.05, 0.1) is 0 Å². The quantitative estimate of drug-likeness (QED) is 0.547. The Morgan fingerprint density at radius 1 is 1.33 bits per heavy atom. The first-order valence-electron chi connectivity index (χ1n) is 3.76. The van der Waals surface area contributed by atoms with Crippen molar-refractivity contribution in [3.8, 4) is 0 Å². The Morgan fingerprint density at radius 2 is 2.22 bits per heavy atom. The van der Waals surface area contributed by atoms with E-state index in [1.165, 1.54) is 38.1 Å². The highest BCUT2D eigenvalue weighted by atomic mass is 32.2. The maximum absolute atomic E-state index is 3.46. The molecule has 2 fully saturated rings.